The highest BCUT2D eigenvalue weighted by Gasteiger charge is 2.17. The molecule has 2 atom stereocenters. The molecule has 0 bridgehead atoms. The van der Waals surface area contributed by atoms with Gasteiger partial charge in [-0.15, -0.1) is 0 Å². The summed E-state index contributed by atoms with van der Waals surface area (Å²) in [6.45, 7) is 15.9. The standard InChI is InChI=1S/C19H33N/c1-8-16(9-2)14(3)20-15(4)17-10-12-18(13-11-17)19(5,6)7/h10-16,20H,8-9H2,1-7H3. The predicted molar refractivity (Wildman–Crippen MR) is 90.2 cm³/mol. The monoisotopic (exact) mass is 275 g/mol. The zero-order valence-electron chi connectivity index (χ0n) is 14.5. The fraction of sp³-hybridized carbons (Fsp3) is 0.684. The lowest BCUT2D eigenvalue weighted by molar-refractivity contribution is 0.330. The topological polar surface area (TPSA) is 12.0 Å². The second-order valence-electron chi connectivity index (χ2n) is 7.13. The van der Waals surface area contributed by atoms with Crippen LogP contribution < -0.4 is 5.32 Å². The van der Waals surface area contributed by atoms with Gasteiger partial charge < -0.3 is 5.32 Å². The Morgan fingerprint density at radius 1 is 0.950 bits per heavy atom. The number of rotatable bonds is 6. The summed E-state index contributed by atoms with van der Waals surface area (Å²) >= 11 is 0. The molecule has 1 aromatic rings. The van der Waals surface area contributed by atoms with E-state index in [4.69, 9.17) is 0 Å². The molecule has 1 heteroatoms. The summed E-state index contributed by atoms with van der Waals surface area (Å²) in [5, 5.41) is 3.76. The molecule has 0 aliphatic carbocycles. The van der Waals surface area contributed by atoms with E-state index in [2.05, 4.69) is 78.0 Å². The van der Waals surface area contributed by atoms with E-state index >= 15 is 0 Å². The first-order valence-electron chi connectivity index (χ1n) is 8.16. The molecule has 20 heavy (non-hydrogen) atoms. The van der Waals surface area contributed by atoms with Crippen molar-refractivity contribution in [2.24, 2.45) is 5.92 Å². The van der Waals surface area contributed by atoms with Crippen LogP contribution in [0.3, 0.4) is 0 Å². The summed E-state index contributed by atoms with van der Waals surface area (Å²) in [7, 11) is 0. The zero-order valence-corrected chi connectivity index (χ0v) is 14.5. The molecule has 0 heterocycles. The molecule has 1 nitrogen and oxygen atoms in total. The van der Waals surface area contributed by atoms with Crippen LogP contribution in [0.25, 0.3) is 0 Å². The minimum atomic E-state index is 0.234. The summed E-state index contributed by atoms with van der Waals surface area (Å²) in [5.74, 6) is 0.770. The molecule has 1 aromatic carbocycles. The van der Waals surface area contributed by atoms with Gasteiger partial charge in [-0.05, 0) is 36.3 Å². The van der Waals surface area contributed by atoms with Gasteiger partial charge in [0.25, 0.3) is 0 Å². The molecule has 0 saturated heterocycles. The summed E-state index contributed by atoms with van der Waals surface area (Å²) in [6.07, 6.45) is 2.50. The molecule has 0 aromatic heterocycles. The molecular formula is C19H33N. The maximum absolute atomic E-state index is 3.76. The van der Waals surface area contributed by atoms with Gasteiger partial charge in [-0.2, -0.15) is 0 Å². The van der Waals surface area contributed by atoms with Crippen molar-refractivity contribution < 1.29 is 0 Å². The van der Waals surface area contributed by atoms with Gasteiger partial charge in [-0.1, -0.05) is 71.7 Å². The van der Waals surface area contributed by atoms with E-state index < -0.39 is 0 Å². The average molecular weight is 275 g/mol. The van der Waals surface area contributed by atoms with E-state index in [1.54, 1.807) is 0 Å². The van der Waals surface area contributed by atoms with Crippen LogP contribution in [0.4, 0.5) is 0 Å². The van der Waals surface area contributed by atoms with Crippen LogP contribution in [0.15, 0.2) is 24.3 Å². The lowest BCUT2D eigenvalue weighted by Crippen LogP contribution is -2.35. The largest absolute Gasteiger partial charge is 0.307 e. The van der Waals surface area contributed by atoms with Crippen molar-refractivity contribution in [3.8, 4) is 0 Å². The van der Waals surface area contributed by atoms with Gasteiger partial charge in [0.1, 0.15) is 0 Å². The molecule has 0 amide bonds. The van der Waals surface area contributed by atoms with Gasteiger partial charge in [-0.3, -0.25) is 0 Å². The Morgan fingerprint density at radius 2 is 1.45 bits per heavy atom. The van der Waals surface area contributed by atoms with E-state index in [1.807, 2.05) is 0 Å². The fourth-order valence-corrected chi connectivity index (χ4v) is 2.89. The Labute approximate surface area is 126 Å². The molecule has 2 unspecified atom stereocenters. The van der Waals surface area contributed by atoms with Crippen molar-refractivity contribution in [2.75, 3.05) is 0 Å². The van der Waals surface area contributed by atoms with Crippen molar-refractivity contribution in [3.05, 3.63) is 35.4 Å². The highest BCUT2D eigenvalue weighted by Crippen LogP contribution is 2.24. The third-order valence-corrected chi connectivity index (χ3v) is 4.55. The smallest absolute Gasteiger partial charge is 0.0294 e. The fourth-order valence-electron chi connectivity index (χ4n) is 2.89. The van der Waals surface area contributed by atoms with Gasteiger partial charge in [0, 0.05) is 12.1 Å². The SMILES string of the molecule is CCC(CC)C(C)NC(C)c1ccc(C(C)(C)C)cc1. The van der Waals surface area contributed by atoms with Crippen LogP contribution in [0, 0.1) is 5.92 Å². The summed E-state index contributed by atoms with van der Waals surface area (Å²) in [4.78, 5) is 0. The van der Waals surface area contributed by atoms with E-state index in [0.717, 1.165) is 5.92 Å². The van der Waals surface area contributed by atoms with Gasteiger partial charge in [0.15, 0.2) is 0 Å². The Hall–Kier alpha value is -0.820. The molecule has 1 N–H and O–H groups in total. The van der Waals surface area contributed by atoms with E-state index in [1.165, 1.54) is 24.0 Å². The lowest BCUT2D eigenvalue weighted by Gasteiger charge is -2.27. The Balaban J connectivity index is 2.71. The van der Waals surface area contributed by atoms with Crippen molar-refractivity contribution >= 4 is 0 Å². The predicted octanol–water partition coefficient (Wildman–Crippen LogP) is 5.46. The quantitative estimate of drug-likeness (QED) is 0.727. The van der Waals surface area contributed by atoms with E-state index in [0.29, 0.717) is 12.1 Å². The molecule has 1 rings (SSSR count). The minimum absolute atomic E-state index is 0.234. The molecular weight excluding hydrogens is 242 g/mol. The number of hydrogen-bond donors (Lipinski definition) is 1. The molecule has 0 saturated carbocycles. The van der Waals surface area contributed by atoms with Crippen LogP contribution in [-0.4, -0.2) is 6.04 Å². The van der Waals surface area contributed by atoms with Crippen molar-refractivity contribution in [3.63, 3.8) is 0 Å². The van der Waals surface area contributed by atoms with Crippen molar-refractivity contribution in [1.82, 2.24) is 5.32 Å². The second-order valence-corrected chi connectivity index (χ2v) is 7.13. The molecule has 114 valence electrons. The van der Waals surface area contributed by atoms with E-state index in [9.17, 15) is 0 Å². The number of hydrogen-bond acceptors (Lipinski definition) is 1. The summed E-state index contributed by atoms with van der Waals surface area (Å²) in [5.41, 5.74) is 3.02. The third-order valence-electron chi connectivity index (χ3n) is 4.55. The average Bonchev–Trinajstić information content (AvgIpc) is 2.39. The molecule has 0 radical (unpaired) electrons. The first-order chi connectivity index (χ1) is 9.29. The van der Waals surface area contributed by atoms with Crippen molar-refractivity contribution in [1.29, 1.82) is 0 Å². The lowest BCUT2D eigenvalue weighted by atomic mass is 9.86. The highest BCUT2D eigenvalue weighted by molar-refractivity contribution is 5.29. The molecule has 0 aliphatic rings. The summed E-state index contributed by atoms with van der Waals surface area (Å²) in [6, 6.07) is 10.1. The van der Waals surface area contributed by atoms with Crippen LogP contribution in [0.5, 0.6) is 0 Å². The van der Waals surface area contributed by atoms with E-state index in [-0.39, 0.29) is 5.41 Å². The summed E-state index contributed by atoms with van der Waals surface area (Å²) < 4.78 is 0. The van der Waals surface area contributed by atoms with Crippen LogP contribution in [0.2, 0.25) is 0 Å². The molecule has 0 spiro atoms. The Kier molecular flexibility index (Phi) is 6.26. The maximum atomic E-state index is 3.76. The molecule has 0 fully saturated rings. The number of benzene rings is 1. The number of nitrogens with one attached hydrogen (secondary N) is 1. The Morgan fingerprint density at radius 3 is 1.85 bits per heavy atom. The first kappa shape index (κ1) is 17.2. The zero-order chi connectivity index (χ0) is 15.3. The van der Waals surface area contributed by atoms with Gasteiger partial charge in [0.05, 0.1) is 0 Å². The highest BCUT2D eigenvalue weighted by atomic mass is 14.9. The Bertz CT molecular complexity index is 381. The molecule has 0 aliphatic heterocycles. The normalized spacial score (nSPS) is 15.4. The van der Waals surface area contributed by atoms with Crippen LogP contribution >= 0.6 is 0 Å². The maximum Gasteiger partial charge on any atom is 0.0294 e. The van der Waals surface area contributed by atoms with Crippen molar-refractivity contribution in [2.45, 2.75) is 78.8 Å². The minimum Gasteiger partial charge on any atom is -0.307 e. The first-order valence-corrected chi connectivity index (χ1v) is 8.16. The third kappa shape index (κ3) is 4.63. The van der Waals surface area contributed by atoms with Gasteiger partial charge in [-0.25, -0.2) is 0 Å². The van der Waals surface area contributed by atoms with Gasteiger partial charge in [0.2, 0.25) is 0 Å². The van der Waals surface area contributed by atoms with Gasteiger partial charge >= 0.3 is 0 Å². The second kappa shape index (κ2) is 7.26. The van der Waals surface area contributed by atoms with Crippen LogP contribution in [0.1, 0.15) is 78.5 Å². The van der Waals surface area contributed by atoms with Crippen LogP contribution in [-0.2, 0) is 5.41 Å².